The fourth-order valence-corrected chi connectivity index (χ4v) is 1.58. The Balaban J connectivity index is 2.42. The molecule has 0 aliphatic carbocycles. The number of benzene rings is 1. The number of aryl methyl sites for hydroxylation is 1. The molecule has 0 amide bonds. The first-order valence-corrected chi connectivity index (χ1v) is 5.05. The Hall–Kier alpha value is -1.61. The van der Waals surface area contributed by atoms with E-state index in [4.69, 9.17) is 5.73 Å². The molecule has 15 heavy (non-hydrogen) atoms. The maximum absolute atomic E-state index is 5.75. The summed E-state index contributed by atoms with van der Waals surface area (Å²) in [5.74, 6) is 0.827. The van der Waals surface area contributed by atoms with Gasteiger partial charge in [-0.2, -0.15) is 0 Å². The topological polar surface area (TPSA) is 54.7 Å². The van der Waals surface area contributed by atoms with Crippen LogP contribution in [0.25, 0.3) is 11.3 Å². The maximum atomic E-state index is 5.75. The average Bonchev–Trinajstić information content (AvgIpc) is 2.67. The SMILES string of the molecule is Cc1ccccc1-c1cnc(C(C)N)[nH]1. The van der Waals surface area contributed by atoms with Crippen LogP contribution >= 0.6 is 0 Å². The lowest BCUT2D eigenvalue weighted by Crippen LogP contribution is -2.06. The molecule has 2 rings (SSSR count). The van der Waals surface area contributed by atoms with Crippen molar-refractivity contribution in [2.24, 2.45) is 5.73 Å². The summed E-state index contributed by atoms with van der Waals surface area (Å²) in [6.07, 6.45) is 1.83. The molecule has 1 aromatic heterocycles. The standard InChI is InChI=1S/C12H15N3/c1-8-5-3-4-6-10(8)11-7-14-12(15-11)9(2)13/h3-7,9H,13H2,1-2H3,(H,14,15). The largest absolute Gasteiger partial charge is 0.341 e. The highest BCUT2D eigenvalue weighted by molar-refractivity contribution is 5.62. The lowest BCUT2D eigenvalue weighted by Gasteiger charge is -2.02. The van der Waals surface area contributed by atoms with E-state index >= 15 is 0 Å². The fourth-order valence-electron chi connectivity index (χ4n) is 1.58. The monoisotopic (exact) mass is 201 g/mol. The Bertz CT molecular complexity index is 457. The molecular weight excluding hydrogens is 186 g/mol. The van der Waals surface area contributed by atoms with Crippen LogP contribution in [0.1, 0.15) is 24.4 Å². The van der Waals surface area contributed by atoms with E-state index in [1.165, 1.54) is 11.1 Å². The summed E-state index contributed by atoms with van der Waals surface area (Å²) < 4.78 is 0. The van der Waals surface area contributed by atoms with Gasteiger partial charge in [0.1, 0.15) is 5.82 Å². The molecule has 1 atom stereocenters. The zero-order valence-corrected chi connectivity index (χ0v) is 8.99. The second kappa shape index (κ2) is 3.87. The lowest BCUT2D eigenvalue weighted by atomic mass is 10.1. The number of nitrogens with two attached hydrogens (primary N) is 1. The predicted molar refractivity (Wildman–Crippen MR) is 61.4 cm³/mol. The molecule has 0 radical (unpaired) electrons. The molecule has 3 nitrogen and oxygen atoms in total. The van der Waals surface area contributed by atoms with E-state index in [0.717, 1.165) is 11.5 Å². The first kappa shape index (κ1) is 9.93. The summed E-state index contributed by atoms with van der Waals surface area (Å²) in [5, 5.41) is 0. The number of hydrogen-bond acceptors (Lipinski definition) is 2. The fraction of sp³-hybridized carbons (Fsp3) is 0.250. The van der Waals surface area contributed by atoms with E-state index in [2.05, 4.69) is 29.0 Å². The number of aromatic nitrogens is 2. The molecule has 0 bridgehead atoms. The quantitative estimate of drug-likeness (QED) is 0.784. The minimum absolute atomic E-state index is 0.0530. The third-order valence-electron chi connectivity index (χ3n) is 2.46. The molecule has 3 N–H and O–H groups in total. The molecule has 78 valence electrons. The van der Waals surface area contributed by atoms with Gasteiger partial charge in [0.2, 0.25) is 0 Å². The molecule has 0 fully saturated rings. The number of hydrogen-bond donors (Lipinski definition) is 2. The summed E-state index contributed by atoms with van der Waals surface area (Å²) >= 11 is 0. The normalized spacial score (nSPS) is 12.7. The second-order valence-electron chi connectivity index (χ2n) is 3.79. The van der Waals surface area contributed by atoms with Gasteiger partial charge in [0.05, 0.1) is 17.9 Å². The molecule has 0 aliphatic rings. The third-order valence-corrected chi connectivity index (χ3v) is 2.46. The van der Waals surface area contributed by atoms with Gasteiger partial charge in [0.15, 0.2) is 0 Å². The zero-order valence-electron chi connectivity index (χ0n) is 8.99. The number of nitrogens with one attached hydrogen (secondary N) is 1. The molecule has 1 heterocycles. The number of nitrogens with zero attached hydrogens (tertiary/aromatic N) is 1. The van der Waals surface area contributed by atoms with Crippen molar-refractivity contribution in [3.63, 3.8) is 0 Å². The molecule has 2 aromatic rings. The van der Waals surface area contributed by atoms with Crippen LogP contribution in [0.2, 0.25) is 0 Å². The lowest BCUT2D eigenvalue weighted by molar-refractivity contribution is 0.756. The third kappa shape index (κ3) is 1.92. The van der Waals surface area contributed by atoms with Gasteiger partial charge in [-0.25, -0.2) is 4.98 Å². The first-order chi connectivity index (χ1) is 7.18. The van der Waals surface area contributed by atoms with Crippen molar-refractivity contribution < 1.29 is 0 Å². The molecule has 3 heteroatoms. The molecule has 1 aromatic carbocycles. The van der Waals surface area contributed by atoms with Gasteiger partial charge >= 0.3 is 0 Å². The van der Waals surface area contributed by atoms with Crippen molar-refractivity contribution in [2.45, 2.75) is 19.9 Å². The molecule has 0 saturated heterocycles. The Morgan fingerprint density at radius 1 is 1.33 bits per heavy atom. The second-order valence-corrected chi connectivity index (χ2v) is 3.79. The molecule has 0 aliphatic heterocycles. The predicted octanol–water partition coefficient (Wildman–Crippen LogP) is 2.40. The molecular formula is C12H15N3. The van der Waals surface area contributed by atoms with Crippen LogP contribution < -0.4 is 5.73 Å². The molecule has 0 saturated carbocycles. The highest BCUT2D eigenvalue weighted by Crippen LogP contribution is 2.21. The van der Waals surface area contributed by atoms with Gasteiger partial charge in [-0.05, 0) is 19.4 Å². The smallest absolute Gasteiger partial charge is 0.123 e. The van der Waals surface area contributed by atoms with Crippen molar-refractivity contribution in [1.82, 2.24) is 9.97 Å². The molecule has 0 spiro atoms. The van der Waals surface area contributed by atoms with Crippen molar-refractivity contribution in [1.29, 1.82) is 0 Å². The Morgan fingerprint density at radius 3 is 2.67 bits per heavy atom. The zero-order chi connectivity index (χ0) is 10.8. The summed E-state index contributed by atoms with van der Waals surface area (Å²) in [5.41, 5.74) is 9.19. The van der Waals surface area contributed by atoms with Gasteiger partial charge < -0.3 is 10.7 Å². The van der Waals surface area contributed by atoms with Gasteiger partial charge in [-0.3, -0.25) is 0 Å². The van der Waals surface area contributed by atoms with E-state index in [9.17, 15) is 0 Å². The summed E-state index contributed by atoms with van der Waals surface area (Å²) in [7, 11) is 0. The Kier molecular flexibility index (Phi) is 2.56. The van der Waals surface area contributed by atoms with Crippen molar-refractivity contribution >= 4 is 0 Å². The molecule has 1 unspecified atom stereocenters. The van der Waals surface area contributed by atoms with E-state index in [0.29, 0.717) is 0 Å². The van der Waals surface area contributed by atoms with Crippen LogP contribution in [0.3, 0.4) is 0 Å². The van der Waals surface area contributed by atoms with Crippen molar-refractivity contribution in [3.05, 3.63) is 41.9 Å². The van der Waals surface area contributed by atoms with Crippen LogP contribution in [-0.2, 0) is 0 Å². The highest BCUT2D eigenvalue weighted by Gasteiger charge is 2.07. The number of rotatable bonds is 2. The highest BCUT2D eigenvalue weighted by atomic mass is 14.9. The minimum Gasteiger partial charge on any atom is -0.341 e. The number of H-pyrrole nitrogens is 1. The maximum Gasteiger partial charge on any atom is 0.123 e. The summed E-state index contributed by atoms with van der Waals surface area (Å²) in [4.78, 5) is 7.49. The van der Waals surface area contributed by atoms with Gasteiger partial charge in [0, 0.05) is 5.56 Å². The van der Waals surface area contributed by atoms with Crippen LogP contribution in [0, 0.1) is 6.92 Å². The number of aromatic amines is 1. The van der Waals surface area contributed by atoms with Crippen LogP contribution in [0.5, 0.6) is 0 Å². The minimum atomic E-state index is -0.0530. The first-order valence-electron chi connectivity index (χ1n) is 5.05. The summed E-state index contributed by atoms with van der Waals surface area (Å²) in [6, 6.07) is 8.16. The van der Waals surface area contributed by atoms with Crippen molar-refractivity contribution in [3.8, 4) is 11.3 Å². The van der Waals surface area contributed by atoms with E-state index in [-0.39, 0.29) is 6.04 Å². The Labute approximate surface area is 89.4 Å². The van der Waals surface area contributed by atoms with Gasteiger partial charge in [0.25, 0.3) is 0 Å². The van der Waals surface area contributed by atoms with Gasteiger partial charge in [-0.15, -0.1) is 0 Å². The van der Waals surface area contributed by atoms with Crippen LogP contribution in [0.15, 0.2) is 30.5 Å². The van der Waals surface area contributed by atoms with Crippen LogP contribution in [0.4, 0.5) is 0 Å². The Morgan fingerprint density at radius 2 is 2.07 bits per heavy atom. The van der Waals surface area contributed by atoms with Gasteiger partial charge in [-0.1, -0.05) is 24.3 Å². The average molecular weight is 201 g/mol. The van der Waals surface area contributed by atoms with E-state index < -0.39 is 0 Å². The van der Waals surface area contributed by atoms with E-state index in [1.807, 2.05) is 25.3 Å². The van der Waals surface area contributed by atoms with E-state index in [1.54, 1.807) is 0 Å². The van der Waals surface area contributed by atoms with Crippen molar-refractivity contribution in [2.75, 3.05) is 0 Å². The number of imidazole rings is 1. The summed E-state index contributed by atoms with van der Waals surface area (Å²) in [6.45, 7) is 4.00. The van der Waals surface area contributed by atoms with Crippen LogP contribution in [-0.4, -0.2) is 9.97 Å².